The van der Waals surface area contributed by atoms with Crippen LogP contribution in [0.5, 0.6) is 0 Å². The molecular formula is C18H37N3O. The van der Waals surface area contributed by atoms with Crippen LogP contribution in [0.2, 0.25) is 0 Å². The van der Waals surface area contributed by atoms with Gasteiger partial charge in [-0.3, -0.25) is 4.79 Å². The van der Waals surface area contributed by atoms with E-state index in [2.05, 4.69) is 16.9 Å². The Morgan fingerprint density at radius 1 is 1.14 bits per heavy atom. The number of aromatic nitrogens is 2. The summed E-state index contributed by atoms with van der Waals surface area (Å²) in [6.07, 6.45) is 1.01. The molecule has 0 radical (unpaired) electrons. The molecule has 0 unspecified atom stereocenters. The highest BCUT2D eigenvalue weighted by molar-refractivity contribution is 5.74. The van der Waals surface area contributed by atoms with Crippen molar-refractivity contribution in [3.63, 3.8) is 0 Å². The standard InChI is InChI=1S/C12H19N3O.3C2H6/c1-7-5-11(15(6-7)10(4)16)12-13-8(2)9(3)14-12;3*1-2/h7,11H,5-6H2,1-4H3,(H,13,14);3*1-2H3/t7-,11-;;;/m0.../s1. The first-order chi connectivity index (χ1) is 10.5. The Morgan fingerprint density at radius 2 is 1.64 bits per heavy atom. The number of likely N-dealkylation sites (tertiary alicyclic amines) is 1. The molecule has 1 aromatic heterocycles. The third kappa shape index (κ3) is 6.20. The highest BCUT2D eigenvalue weighted by atomic mass is 16.2. The maximum absolute atomic E-state index is 11.6. The second-order valence-electron chi connectivity index (χ2n) is 4.86. The van der Waals surface area contributed by atoms with E-state index in [-0.39, 0.29) is 11.9 Å². The molecule has 4 heteroatoms. The van der Waals surface area contributed by atoms with Crippen LogP contribution in [0.4, 0.5) is 0 Å². The predicted octanol–water partition coefficient (Wildman–Crippen LogP) is 5.03. The van der Waals surface area contributed by atoms with Gasteiger partial charge in [-0.15, -0.1) is 0 Å². The summed E-state index contributed by atoms with van der Waals surface area (Å²) in [6, 6.07) is 0.139. The van der Waals surface area contributed by atoms with E-state index in [1.54, 1.807) is 6.92 Å². The molecule has 1 fully saturated rings. The second kappa shape index (κ2) is 12.2. The number of carbonyl (C=O) groups is 1. The molecule has 1 amide bonds. The number of nitrogens with one attached hydrogen (secondary N) is 1. The highest BCUT2D eigenvalue weighted by Gasteiger charge is 2.34. The summed E-state index contributed by atoms with van der Waals surface area (Å²) in [5.74, 6) is 1.63. The average molecular weight is 312 g/mol. The van der Waals surface area contributed by atoms with Gasteiger partial charge in [-0.05, 0) is 26.2 Å². The fraction of sp³-hybridized carbons (Fsp3) is 0.778. The quantitative estimate of drug-likeness (QED) is 0.790. The van der Waals surface area contributed by atoms with Gasteiger partial charge in [-0.1, -0.05) is 48.5 Å². The molecule has 0 spiro atoms. The van der Waals surface area contributed by atoms with Gasteiger partial charge in [0.15, 0.2) is 0 Å². The van der Waals surface area contributed by atoms with Crippen molar-refractivity contribution in [1.82, 2.24) is 14.9 Å². The largest absolute Gasteiger partial charge is 0.344 e. The lowest BCUT2D eigenvalue weighted by Crippen LogP contribution is -2.29. The number of H-pyrrole nitrogens is 1. The molecule has 130 valence electrons. The Morgan fingerprint density at radius 3 is 2.00 bits per heavy atom. The molecule has 4 nitrogen and oxygen atoms in total. The normalized spacial score (nSPS) is 19.1. The van der Waals surface area contributed by atoms with Gasteiger partial charge >= 0.3 is 0 Å². The van der Waals surface area contributed by atoms with Crippen molar-refractivity contribution in [1.29, 1.82) is 0 Å². The van der Waals surface area contributed by atoms with E-state index in [9.17, 15) is 4.79 Å². The third-order valence-electron chi connectivity index (χ3n) is 3.38. The van der Waals surface area contributed by atoms with Gasteiger partial charge < -0.3 is 9.88 Å². The van der Waals surface area contributed by atoms with E-state index in [0.29, 0.717) is 5.92 Å². The summed E-state index contributed by atoms with van der Waals surface area (Å²) >= 11 is 0. The van der Waals surface area contributed by atoms with E-state index < -0.39 is 0 Å². The van der Waals surface area contributed by atoms with Crippen LogP contribution in [-0.4, -0.2) is 27.3 Å². The van der Waals surface area contributed by atoms with Crippen LogP contribution in [-0.2, 0) is 4.79 Å². The number of aromatic amines is 1. The smallest absolute Gasteiger partial charge is 0.220 e. The lowest BCUT2D eigenvalue weighted by molar-refractivity contribution is -0.130. The van der Waals surface area contributed by atoms with Crippen molar-refractivity contribution in [2.75, 3.05) is 6.54 Å². The van der Waals surface area contributed by atoms with Gasteiger partial charge in [0.05, 0.1) is 11.7 Å². The Bertz CT molecular complexity index is 393. The predicted molar refractivity (Wildman–Crippen MR) is 96.0 cm³/mol. The number of imidazole rings is 1. The number of nitrogens with zero attached hydrogens (tertiary/aromatic N) is 2. The molecule has 1 aromatic rings. The molecular weight excluding hydrogens is 274 g/mol. The van der Waals surface area contributed by atoms with Crippen molar-refractivity contribution in [2.45, 2.75) is 81.7 Å². The van der Waals surface area contributed by atoms with Crippen molar-refractivity contribution >= 4 is 5.91 Å². The Kier molecular flexibility index (Phi) is 12.8. The molecule has 0 bridgehead atoms. The minimum Gasteiger partial charge on any atom is -0.344 e. The second-order valence-corrected chi connectivity index (χ2v) is 4.86. The molecule has 22 heavy (non-hydrogen) atoms. The molecule has 2 atom stereocenters. The average Bonchev–Trinajstić information content (AvgIpc) is 3.09. The van der Waals surface area contributed by atoms with E-state index >= 15 is 0 Å². The minimum atomic E-state index is 0.139. The molecule has 1 aliphatic rings. The fourth-order valence-electron chi connectivity index (χ4n) is 2.39. The van der Waals surface area contributed by atoms with Gasteiger partial charge in [-0.2, -0.15) is 0 Å². The molecule has 0 saturated carbocycles. The zero-order chi connectivity index (χ0) is 17.9. The molecule has 2 rings (SSSR count). The van der Waals surface area contributed by atoms with E-state index in [1.165, 1.54) is 0 Å². The summed E-state index contributed by atoms with van der Waals surface area (Å²) < 4.78 is 0. The summed E-state index contributed by atoms with van der Waals surface area (Å²) in [5.41, 5.74) is 2.12. The van der Waals surface area contributed by atoms with E-state index in [4.69, 9.17) is 0 Å². The summed E-state index contributed by atoms with van der Waals surface area (Å²) in [6.45, 7) is 20.7. The van der Waals surface area contributed by atoms with Gasteiger partial charge in [0.25, 0.3) is 0 Å². The lowest BCUT2D eigenvalue weighted by atomic mass is 10.1. The van der Waals surface area contributed by atoms with Crippen LogP contribution in [0.1, 0.15) is 85.1 Å². The van der Waals surface area contributed by atoms with Crippen LogP contribution in [0.25, 0.3) is 0 Å². The number of hydrogen-bond donors (Lipinski definition) is 1. The molecule has 2 heterocycles. The number of hydrogen-bond acceptors (Lipinski definition) is 2. The molecule has 1 saturated heterocycles. The third-order valence-corrected chi connectivity index (χ3v) is 3.38. The Hall–Kier alpha value is -1.32. The van der Waals surface area contributed by atoms with Gasteiger partial charge in [0, 0.05) is 19.2 Å². The topological polar surface area (TPSA) is 49.0 Å². The van der Waals surface area contributed by atoms with Crippen molar-refractivity contribution in [3.05, 3.63) is 17.2 Å². The number of rotatable bonds is 1. The van der Waals surface area contributed by atoms with E-state index in [0.717, 1.165) is 30.2 Å². The summed E-state index contributed by atoms with van der Waals surface area (Å²) in [4.78, 5) is 21.3. The van der Waals surface area contributed by atoms with E-state index in [1.807, 2.05) is 60.3 Å². The molecule has 1 N–H and O–H groups in total. The summed E-state index contributed by atoms with van der Waals surface area (Å²) in [5, 5.41) is 0. The fourth-order valence-corrected chi connectivity index (χ4v) is 2.39. The Labute approximate surface area is 137 Å². The van der Waals surface area contributed by atoms with Gasteiger partial charge in [-0.25, -0.2) is 4.98 Å². The molecule has 0 aliphatic carbocycles. The van der Waals surface area contributed by atoms with Crippen LogP contribution < -0.4 is 0 Å². The van der Waals surface area contributed by atoms with Gasteiger partial charge in [0.1, 0.15) is 5.82 Å². The van der Waals surface area contributed by atoms with Crippen LogP contribution in [0, 0.1) is 19.8 Å². The van der Waals surface area contributed by atoms with Crippen LogP contribution in [0.15, 0.2) is 0 Å². The monoisotopic (exact) mass is 311 g/mol. The first-order valence-electron chi connectivity index (χ1n) is 8.79. The maximum atomic E-state index is 11.6. The maximum Gasteiger partial charge on any atom is 0.220 e. The van der Waals surface area contributed by atoms with Crippen molar-refractivity contribution in [2.24, 2.45) is 5.92 Å². The number of aryl methyl sites for hydroxylation is 2. The SMILES string of the molecule is CC.CC.CC.CC(=O)N1C[C@@H](C)C[C@H]1c1nc(C)c(C)[nH]1. The zero-order valence-corrected chi connectivity index (χ0v) is 16.4. The first-order valence-corrected chi connectivity index (χ1v) is 8.79. The molecule has 0 aromatic carbocycles. The van der Waals surface area contributed by atoms with Crippen molar-refractivity contribution in [3.8, 4) is 0 Å². The lowest BCUT2D eigenvalue weighted by Gasteiger charge is -2.21. The highest BCUT2D eigenvalue weighted by Crippen LogP contribution is 2.34. The van der Waals surface area contributed by atoms with Crippen LogP contribution in [0.3, 0.4) is 0 Å². The Balaban J connectivity index is 0. The summed E-state index contributed by atoms with van der Waals surface area (Å²) in [7, 11) is 0. The number of amides is 1. The minimum absolute atomic E-state index is 0.139. The van der Waals surface area contributed by atoms with Gasteiger partial charge in [0.2, 0.25) is 5.91 Å². The number of carbonyl (C=O) groups excluding carboxylic acids is 1. The molecule has 1 aliphatic heterocycles. The first kappa shape index (κ1) is 23.0. The zero-order valence-electron chi connectivity index (χ0n) is 16.4. The van der Waals surface area contributed by atoms with Crippen LogP contribution >= 0.6 is 0 Å². The van der Waals surface area contributed by atoms with Crippen molar-refractivity contribution < 1.29 is 4.79 Å².